The van der Waals surface area contributed by atoms with Crippen LogP contribution in [0.15, 0.2) is 6.07 Å². The van der Waals surface area contributed by atoms with Gasteiger partial charge in [0.05, 0.1) is 5.69 Å². The lowest BCUT2D eigenvalue weighted by molar-refractivity contribution is 0.696. The first-order valence-corrected chi connectivity index (χ1v) is 4.86. The molecule has 0 fully saturated rings. The lowest BCUT2D eigenvalue weighted by Crippen LogP contribution is -1.96. The second kappa shape index (κ2) is 5.02. The topological polar surface area (TPSA) is 17.8 Å². The molecule has 0 N–H and O–H groups in total. The van der Waals surface area contributed by atoms with Gasteiger partial charge in [-0.2, -0.15) is 5.10 Å². The van der Waals surface area contributed by atoms with E-state index in [9.17, 15) is 0 Å². The Balaban J connectivity index is 0.00000121. The van der Waals surface area contributed by atoms with Crippen molar-refractivity contribution in [1.29, 1.82) is 0 Å². The minimum Gasteiger partial charge on any atom is -0.272 e. The molecule has 0 aliphatic heterocycles. The van der Waals surface area contributed by atoms with Gasteiger partial charge in [-0.1, -0.05) is 29.8 Å². The monoisotopic (exact) mass is 296 g/mol. The van der Waals surface area contributed by atoms with Gasteiger partial charge in [-0.3, -0.25) is 4.68 Å². The van der Waals surface area contributed by atoms with E-state index >= 15 is 0 Å². The van der Waals surface area contributed by atoms with Crippen molar-refractivity contribution in [3.8, 4) is 0 Å². The summed E-state index contributed by atoms with van der Waals surface area (Å²) in [5, 5.41) is 5.25. The molecular formula is C8H14Br2N2. The Hall–Kier alpha value is 0.170. The van der Waals surface area contributed by atoms with Gasteiger partial charge >= 0.3 is 0 Å². The maximum atomic E-state index is 4.37. The summed E-state index contributed by atoms with van der Waals surface area (Å²) < 4.78 is 1.92. The molecule has 1 aromatic rings. The third-order valence-electron chi connectivity index (χ3n) is 1.72. The number of halogens is 2. The molecular weight excluding hydrogens is 284 g/mol. The van der Waals surface area contributed by atoms with E-state index in [1.807, 2.05) is 11.7 Å². The summed E-state index contributed by atoms with van der Waals surface area (Å²) in [4.78, 5) is 0. The van der Waals surface area contributed by atoms with Gasteiger partial charge in [0.15, 0.2) is 0 Å². The quantitative estimate of drug-likeness (QED) is 0.767. The van der Waals surface area contributed by atoms with Gasteiger partial charge in [0, 0.05) is 18.1 Å². The Kier molecular flexibility index (Phi) is 5.09. The van der Waals surface area contributed by atoms with Crippen LogP contribution in [-0.4, -0.2) is 9.78 Å². The maximum Gasteiger partial charge on any atom is 0.0653 e. The van der Waals surface area contributed by atoms with Crippen LogP contribution in [0.1, 0.15) is 31.2 Å². The van der Waals surface area contributed by atoms with Crippen molar-refractivity contribution in [2.45, 2.75) is 25.1 Å². The van der Waals surface area contributed by atoms with Gasteiger partial charge in [0.1, 0.15) is 0 Å². The molecule has 0 aliphatic rings. The third kappa shape index (κ3) is 2.59. The zero-order chi connectivity index (χ0) is 8.43. The Morgan fingerprint density at radius 2 is 2.17 bits per heavy atom. The van der Waals surface area contributed by atoms with Crippen molar-refractivity contribution < 1.29 is 0 Å². The predicted octanol–water partition coefficient (Wildman–Crippen LogP) is 3.02. The van der Waals surface area contributed by atoms with Crippen LogP contribution < -0.4 is 0 Å². The van der Waals surface area contributed by atoms with Crippen LogP contribution in [-0.2, 0) is 12.4 Å². The minimum absolute atomic E-state index is 0. The minimum atomic E-state index is 0. The molecule has 0 spiro atoms. The van der Waals surface area contributed by atoms with Gasteiger partial charge in [0.25, 0.3) is 0 Å². The number of aryl methyl sites for hydroxylation is 1. The fraction of sp³-hybridized carbons (Fsp3) is 0.625. The van der Waals surface area contributed by atoms with Gasteiger partial charge in [0.2, 0.25) is 0 Å². The van der Waals surface area contributed by atoms with Gasteiger partial charge in [-0.05, 0) is 12.0 Å². The van der Waals surface area contributed by atoms with E-state index in [1.165, 1.54) is 11.4 Å². The Morgan fingerprint density at radius 3 is 2.42 bits per heavy atom. The van der Waals surface area contributed by atoms with Gasteiger partial charge in [-0.25, -0.2) is 0 Å². The molecule has 0 unspecified atom stereocenters. The van der Waals surface area contributed by atoms with E-state index in [0.29, 0.717) is 5.92 Å². The number of hydrogen-bond acceptors (Lipinski definition) is 1. The van der Waals surface area contributed by atoms with Crippen molar-refractivity contribution in [2.24, 2.45) is 7.05 Å². The number of nitrogens with zero attached hydrogens (tertiary/aromatic N) is 2. The number of alkyl halides is 1. The van der Waals surface area contributed by atoms with Crippen LogP contribution in [0.3, 0.4) is 0 Å². The van der Waals surface area contributed by atoms with E-state index in [0.717, 1.165) is 5.33 Å². The van der Waals surface area contributed by atoms with Crippen LogP contribution >= 0.6 is 32.9 Å². The molecule has 1 heterocycles. The highest BCUT2D eigenvalue weighted by Gasteiger charge is 2.06. The van der Waals surface area contributed by atoms with Crippen LogP contribution in [0.2, 0.25) is 0 Å². The summed E-state index contributed by atoms with van der Waals surface area (Å²) in [5.41, 5.74) is 2.40. The zero-order valence-corrected chi connectivity index (χ0v) is 10.8. The maximum absolute atomic E-state index is 4.37. The summed E-state index contributed by atoms with van der Waals surface area (Å²) in [5.74, 6) is 0.522. The van der Waals surface area contributed by atoms with E-state index < -0.39 is 0 Å². The molecule has 0 atom stereocenters. The van der Waals surface area contributed by atoms with E-state index in [4.69, 9.17) is 0 Å². The second-order valence-corrected chi connectivity index (χ2v) is 3.53. The van der Waals surface area contributed by atoms with Gasteiger partial charge in [-0.15, -0.1) is 17.0 Å². The normalized spacial score (nSPS) is 10.1. The summed E-state index contributed by atoms with van der Waals surface area (Å²) in [6.07, 6.45) is 0. The Labute approximate surface area is 92.2 Å². The standard InChI is InChI=1S/C8H13BrN2.BrH/c1-6(2)8-4-7(5-9)11(3)10-8;/h4,6H,5H2,1-3H3;1H. The highest BCUT2D eigenvalue weighted by Crippen LogP contribution is 2.14. The Bertz CT molecular complexity index is 243. The van der Waals surface area contributed by atoms with Crippen LogP contribution in [0.5, 0.6) is 0 Å². The molecule has 1 rings (SSSR count). The van der Waals surface area contributed by atoms with Crippen LogP contribution in [0.4, 0.5) is 0 Å². The highest BCUT2D eigenvalue weighted by atomic mass is 79.9. The molecule has 1 aromatic heterocycles. The molecule has 0 saturated carbocycles. The van der Waals surface area contributed by atoms with Crippen molar-refractivity contribution in [1.82, 2.24) is 9.78 Å². The van der Waals surface area contributed by atoms with Gasteiger partial charge < -0.3 is 0 Å². The first kappa shape index (κ1) is 12.2. The molecule has 70 valence electrons. The number of aromatic nitrogens is 2. The zero-order valence-electron chi connectivity index (χ0n) is 7.54. The second-order valence-electron chi connectivity index (χ2n) is 2.97. The smallest absolute Gasteiger partial charge is 0.0653 e. The predicted molar refractivity (Wildman–Crippen MR) is 60.3 cm³/mol. The van der Waals surface area contributed by atoms with Crippen LogP contribution in [0.25, 0.3) is 0 Å². The van der Waals surface area contributed by atoms with E-state index in [-0.39, 0.29) is 17.0 Å². The van der Waals surface area contributed by atoms with E-state index in [1.54, 1.807) is 0 Å². The average Bonchev–Trinajstić information content (AvgIpc) is 2.31. The molecule has 0 aromatic carbocycles. The fourth-order valence-electron chi connectivity index (χ4n) is 0.938. The number of hydrogen-bond donors (Lipinski definition) is 0. The Morgan fingerprint density at radius 1 is 1.58 bits per heavy atom. The van der Waals surface area contributed by atoms with E-state index in [2.05, 4.69) is 40.9 Å². The third-order valence-corrected chi connectivity index (χ3v) is 2.30. The molecule has 0 saturated heterocycles. The number of rotatable bonds is 2. The molecule has 2 nitrogen and oxygen atoms in total. The molecule has 0 aliphatic carbocycles. The summed E-state index contributed by atoms with van der Waals surface area (Å²) in [7, 11) is 1.97. The molecule has 0 radical (unpaired) electrons. The lowest BCUT2D eigenvalue weighted by Gasteiger charge is -1.95. The van der Waals surface area contributed by atoms with Crippen molar-refractivity contribution >= 4 is 32.9 Å². The first-order chi connectivity index (χ1) is 5.15. The summed E-state index contributed by atoms with van der Waals surface area (Å²) >= 11 is 3.41. The average molecular weight is 298 g/mol. The molecule has 0 bridgehead atoms. The molecule has 4 heteroatoms. The summed E-state index contributed by atoms with van der Waals surface area (Å²) in [6.45, 7) is 4.31. The summed E-state index contributed by atoms with van der Waals surface area (Å²) in [6, 6.07) is 2.14. The lowest BCUT2D eigenvalue weighted by atomic mass is 10.1. The SMILES string of the molecule is Br.CC(C)c1cc(CBr)n(C)n1. The fourth-order valence-corrected chi connectivity index (χ4v) is 1.46. The largest absolute Gasteiger partial charge is 0.272 e. The van der Waals surface area contributed by atoms with Crippen molar-refractivity contribution in [3.05, 3.63) is 17.5 Å². The molecule has 0 amide bonds. The molecule has 12 heavy (non-hydrogen) atoms. The van der Waals surface area contributed by atoms with Crippen LogP contribution in [0, 0.1) is 0 Å². The highest BCUT2D eigenvalue weighted by molar-refractivity contribution is 9.08. The van der Waals surface area contributed by atoms with Crippen molar-refractivity contribution in [3.63, 3.8) is 0 Å². The van der Waals surface area contributed by atoms with Crippen molar-refractivity contribution in [2.75, 3.05) is 0 Å². The first-order valence-electron chi connectivity index (χ1n) is 3.74.